The molecule has 0 saturated carbocycles. The van der Waals surface area contributed by atoms with Gasteiger partial charge in [-0.05, 0) is 55.0 Å². The molecule has 0 aliphatic rings. The van der Waals surface area contributed by atoms with Gasteiger partial charge in [-0.25, -0.2) is 4.79 Å². The number of esters is 1. The van der Waals surface area contributed by atoms with E-state index in [0.717, 1.165) is 10.8 Å². The van der Waals surface area contributed by atoms with Gasteiger partial charge >= 0.3 is 5.97 Å². The topological polar surface area (TPSA) is 64.6 Å². The predicted octanol–water partition coefficient (Wildman–Crippen LogP) is 4.85. The lowest BCUT2D eigenvalue weighted by atomic mass is 10.00. The van der Waals surface area contributed by atoms with Crippen molar-refractivity contribution < 1.29 is 19.1 Å². The van der Waals surface area contributed by atoms with E-state index in [2.05, 4.69) is 5.32 Å². The highest BCUT2D eigenvalue weighted by Gasteiger charge is 2.25. The Morgan fingerprint density at radius 2 is 1.62 bits per heavy atom. The Hall–Kier alpha value is -3.34. The van der Waals surface area contributed by atoms with Gasteiger partial charge < -0.3 is 14.8 Å². The van der Waals surface area contributed by atoms with Gasteiger partial charge in [0, 0.05) is 17.7 Å². The summed E-state index contributed by atoms with van der Waals surface area (Å²) in [6.07, 6.45) is -0.269. The summed E-state index contributed by atoms with van der Waals surface area (Å²) < 4.78 is 10.5. The normalized spacial score (nSPS) is 11.9. The molecule has 29 heavy (non-hydrogen) atoms. The van der Waals surface area contributed by atoms with Crippen LogP contribution in [0.1, 0.15) is 30.6 Å². The lowest BCUT2D eigenvalue weighted by Crippen LogP contribution is -2.35. The summed E-state index contributed by atoms with van der Waals surface area (Å²) in [4.78, 5) is 25.5. The molecular weight excluding hydrogens is 366 g/mol. The summed E-state index contributed by atoms with van der Waals surface area (Å²) in [5.41, 5.74) is 1.28. The maximum atomic E-state index is 12.9. The fourth-order valence-electron chi connectivity index (χ4n) is 3.06. The van der Waals surface area contributed by atoms with Gasteiger partial charge in [0.25, 0.3) is 0 Å². The number of hydrogen-bond acceptors (Lipinski definition) is 5. The average Bonchev–Trinajstić information content (AvgIpc) is 2.72. The van der Waals surface area contributed by atoms with Gasteiger partial charge in [0.05, 0.1) is 13.2 Å². The van der Waals surface area contributed by atoms with Crippen molar-refractivity contribution in [3.63, 3.8) is 0 Å². The van der Waals surface area contributed by atoms with Gasteiger partial charge in [-0.3, -0.25) is 4.79 Å². The van der Waals surface area contributed by atoms with Gasteiger partial charge in [-0.15, -0.1) is 0 Å². The molecule has 0 saturated heterocycles. The van der Waals surface area contributed by atoms with Crippen molar-refractivity contribution >= 4 is 28.2 Å². The van der Waals surface area contributed by atoms with Crippen LogP contribution in [0.4, 0.5) is 5.69 Å². The van der Waals surface area contributed by atoms with E-state index in [1.165, 1.54) is 0 Å². The zero-order chi connectivity index (χ0) is 20.8. The van der Waals surface area contributed by atoms with Crippen LogP contribution in [0.2, 0.25) is 0 Å². The second-order valence-electron chi connectivity index (χ2n) is 7.10. The molecule has 0 radical (unpaired) electrons. The number of ketones is 1. The monoisotopic (exact) mass is 391 g/mol. The van der Waals surface area contributed by atoms with E-state index in [9.17, 15) is 9.59 Å². The van der Waals surface area contributed by atoms with Crippen LogP contribution in [0.25, 0.3) is 10.8 Å². The van der Waals surface area contributed by atoms with Gasteiger partial charge in [0.2, 0.25) is 0 Å². The molecule has 0 amide bonds. The number of carbonyl (C=O) groups is 2. The number of Topliss-reactive ketones (excluding diaryl/α,β-unsaturated/α-hetero) is 1. The molecule has 0 spiro atoms. The summed E-state index contributed by atoms with van der Waals surface area (Å²) in [6.45, 7) is 3.57. The molecule has 0 aromatic heterocycles. The van der Waals surface area contributed by atoms with Crippen molar-refractivity contribution in [1.29, 1.82) is 0 Å². The Balaban J connectivity index is 1.80. The first-order chi connectivity index (χ1) is 14.0. The number of nitrogens with one attached hydrogen (secondary N) is 1. The van der Waals surface area contributed by atoms with E-state index in [-0.39, 0.29) is 18.3 Å². The molecule has 0 unspecified atom stereocenters. The maximum absolute atomic E-state index is 12.9. The van der Waals surface area contributed by atoms with Crippen LogP contribution in [0.5, 0.6) is 5.75 Å². The molecule has 1 atom stereocenters. The van der Waals surface area contributed by atoms with Crippen LogP contribution in [0.15, 0.2) is 66.7 Å². The molecule has 3 aromatic rings. The summed E-state index contributed by atoms with van der Waals surface area (Å²) in [7, 11) is 1.59. The Morgan fingerprint density at radius 3 is 2.28 bits per heavy atom. The molecule has 0 aliphatic heterocycles. The zero-order valence-corrected chi connectivity index (χ0v) is 16.8. The Morgan fingerprint density at radius 1 is 0.931 bits per heavy atom. The highest BCUT2D eigenvalue weighted by Crippen LogP contribution is 2.20. The molecular formula is C24H25NO4. The largest absolute Gasteiger partial charge is 0.497 e. The second-order valence-corrected chi connectivity index (χ2v) is 7.10. The number of anilines is 1. The number of ether oxygens (including phenoxy) is 2. The fraction of sp³-hybridized carbons (Fsp3) is 0.250. The summed E-state index contributed by atoms with van der Waals surface area (Å²) in [6, 6.07) is 19.8. The number of rotatable bonds is 8. The van der Waals surface area contributed by atoms with E-state index in [0.29, 0.717) is 17.0 Å². The Kier molecular flexibility index (Phi) is 6.50. The first kappa shape index (κ1) is 20.4. The first-order valence-electron chi connectivity index (χ1n) is 9.59. The van der Waals surface area contributed by atoms with Gasteiger partial charge in [0.1, 0.15) is 11.8 Å². The number of methoxy groups -OCH3 is 1. The third kappa shape index (κ3) is 5.35. The third-order valence-corrected chi connectivity index (χ3v) is 4.53. The quantitative estimate of drug-likeness (QED) is 0.439. The van der Waals surface area contributed by atoms with Crippen LogP contribution in [-0.2, 0) is 9.53 Å². The van der Waals surface area contributed by atoms with E-state index in [4.69, 9.17) is 9.47 Å². The van der Waals surface area contributed by atoms with Gasteiger partial charge in [0.15, 0.2) is 5.78 Å². The van der Waals surface area contributed by atoms with Crippen molar-refractivity contribution in [2.75, 3.05) is 12.4 Å². The van der Waals surface area contributed by atoms with Crippen molar-refractivity contribution in [2.45, 2.75) is 32.4 Å². The molecule has 150 valence electrons. The van der Waals surface area contributed by atoms with Crippen molar-refractivity contribution in [3.8, 4) is 5.75 Å². The predicted molar refractivity (Wildman–Crippen MR) is 115 cm³/mol. The molecule has 3 rings (SSSR count). The standard InChI is InChI=1S/C24H25NO4/c1-16(2)29-24(27)22(25-20-10-12-21(28-3)13-11-20)15-23(26)19-9-8-17-6-4-5-7-18(17)14-19/h4-14,16,22,25H,15H2,1-3H3/t22-/m0/s1. The number of hydrogen-bond donors (Lipinski definition) is 1. The molecule has 0 aliphatic carbocycles. The second kappa shape index (κ2) is 9.24. The molecule has 1 N–H and O–H groups in total. The first-order valence-corrected chi connectivity index (χ1v) is 9.59. The van der Waals surface area contributed by atoms with Crippen LogP contribution in [0, 0.1) is 0 Å². The van der Waals surface area contributed by atoms with Crippen molar-refractivity contribution in [1.82, 2.24) is 0 Å². The molecule has 0 fully saturated rings. The molecule has 0 bridgehead atoms. The summed E-state index contributed by atoms with van der Waals surface area (Å²) in [5, 5.41) is 5.18. The van der Waals surface area contributed by atoms with Crippen LogP contribution < -0.4 is 10.1 Å². The van der Waals surface area contributed by atoms with Crippen molar-refractivity contribution in [2.24, 2.45) is 0 Å². The molecule has 5 heteroatoms. The molecule has 5 nitrogen and oxygen atoms in total. The van der Waals surface area contributed by atoms with Crippen LogP contribution in [0.3, 0.4) is 0 Å². The van der Waals surface area contributed by atoms with Crippen LogP contribution >= 0.6 is 0 Å². The van der Waals surface area contributed by atoms with E-state index in [1.807, 2.05) is 36.4 Å². The highest BCUT2D eigenvalue weighted by molar-refractivity contribution is 6.02. The van der Waals surface area contributed by atoms with Crippen LogP contribution in [-0.4, -0.2) is 31.0 Å². The van der Waals surface area contributed by atoms with E-state index < -0.39 is 12.0 Å². The smallest absolute Gasteiger partial charge is 0.329 e. The Bertz CT molecular complexity index is 995. The minimum Gasteiger partial charge on any atom is -0.497 e. The summed E-state index contributed by atoms with van der Waals surface area (Å²) in [5.74, 6) is 0.136. The van der Waals surface area contributed by atoms with Crippen molar-refractivity contribution in [3.05, 3.63) is 72.3 Å². The maximum Gasteiger partial charge on any atom is 0.329 e. The highest BCUT2D eigenvalue weighted by atomic mass is 16.5. The number of benzene rings is 3. The SMILES string of the molecule is COc1ccc(N[C@@H](CC(=O)c2ccc3ccccc3c2)C(=O)OC(C)C)cc1. The average molecular weight is 391 g/mol. The lowest BCUT2D eigenvalue weighted by molar-refractivity contribution is -0.148. The fourth-order valence-corrected chi connectivity index (χ4v) is 3.06. The van der Waals surface area contributed by atoms with E-state index in [1.54, 1.807) is 51.3 Å². The number of fused-ring (bicyclic) bond motifs is 1. The number of carbonyl (C=O) groups excluding carboxylic acids is 2. The Labute approximate surface area is 170 Å². The van der Waals surface area contributed by atoms with Gasteiger partial charge in [-0.2, -0.15) is 0 Å². The lowest BCUT2D eigenvalue weighted by Gasteiger charge is -2.20. The summed E-state index contributed by atoms with van der Waals surface area (Å²) >= 11 is 0. The zero-order valence-electron chi connectivity index (χ0n) is 16.8. The minimum absolute atomic E-state index is 0.00404. The molecule has 0 heterocycles. The van der Waals surface area contributed by atoms with Gasteiger partial charge in [-0.1, -0.05) is 36.4 Å². The third-order valence-electron chi connectivity index (χ3n) is 4.53. The minimum atomic E-state index is -0.787. The van der Waals surface area contributed by atoms with E-state index >= 15 is 0 Å². The molecule has 3 aromatic carbocycles.